The Morgan fingerprint density at radius 3 is 2.95 bits per heavy atom. The highest BCUT2D eigenvalue weighted by molar-refractivity contribution is 7.09. The quantitative estimate of drug-likeness (QED) is 0.895. The molecule has 2 atom stereocenters. The van der Waals surface area contributed by atoms with Crippen LogP contribution in [0.15, 0.2) is 29.8 Å². The van der Waals surface area contributed by atoms with Gasteiger partial charge in [-0.1, -0.05) is 19.9 Å². The van der Waals surface area contributed by atoms with E-state index in [-0.39, 0.29) is 6.04 Å². The van der Waals surface area contributed by atoms with Crippen LogP contribution in [0.4, 0.5) is 0 Å². The Kier molecular flexibility index (Phi) is 3.51. The van der Waals surface area contributed by atoms with Gasteiger partial charge in [0, 0.05) is 35.3 Å². The Labute approximate surface area is 125 Å². The molecule has 0 saturated heterocycles. The number of nitrogens with two attached hydrogens (primary N) is 1. The topological polar surface area (TPSA) is 30.9 Å². The minimum absolute atomic E-state index is 0.198. The highest BCUT2D eigenvalue weighted by atomic mass is 32.1. The zero-order valence-corrected chi connectivity index (χ0v) is 13.4. The molecule has 108 valence electrons. The molecule has 0 amide bonds. The van der Waals surface area contributed by atoms with Gasteiger partial charge in [-0.2, -0.15) is 0 Å². The summed E-state index contributed by atoms with van der Waals surface area (Å²) < 4.78 is 2.45. The molecule has 0 aliphatic heterocycles. The molecule has 0 fully saturated rings. The molecular weight excluding hydrogens is 264 g/mol. The van der Waals surface area contributed by atoms with Gasteiger partial charge in [0.2, 0.25) is 0 Å². The summed E-state index contributed by atoms with van der Waals surface area (Å²) >= 11 is 1.85. The first kappa shape index (κ1) is 13.9. The highest BCUT2D eigenvalue weighted by Gasteiger charge is 2.33. The number of nitrogens with zero attached hydrogens (tertiary/aromatic N) is 1. The Hall–Kier alpha value is -1.06. The van der Waals surface area contributed by atoms with E-state index in [1.54, 1.807) is 0 Å². The van der Waals surface area contributed by atoms with Gasteiger partial charge in [-0.3, -0.25) is 0 Å². The van der Waals surface area contributed by atoms with E-state index in [9.17, 15) is 0 Å². The molecule has 3 heteroatoms. The summed E-state index contributed by atoms with van der Waals surface area (Å²) in [5.74, 6) is 0. The van der Waals surface area contributed by atoms with E-state index in [2.05, 4.69) is 55.1 Å². The lowest BCUT2D eigenvalue weighted by Crippen LogP contribution is -2.31. The highest BCUT2D eigenvalue weighted by Crippen LogP contribution is 2.41. The molecule has 2 N–H and O–H groups in total. The maximum atomic E-state index is 6.36. The number of hydrogen-bond acceptors (Lipinski definition) is 2. The fourth-order valence-electron chi connectivity index (χ4n) is 3.49. The minimum atomic E-state index is 0.198. The predicted molar refractivity (Wildman–Crippen MR) is 86.2 cm³/mol. The lowest BCUT2D eigenvalue weighted by molar-refractivity contribution is 0.272. The average molecular weight is 288 g/mol. The summed E-state index contributed by atoms with van der Waals surface area (Å²) in [5, 5.41) is 2.16. The van der Waals surface area contributed by atoms with E-state index in [0.29, 0.717) is 11.5 Å². The molecule has 2 heterocycles. The van der Waals surface area contributed by atoms with E-state index in [1.165, 1.54) is 16.1 Å². The smallest absolute Gasteiger partial charge is 0.0353 e. The van der Waals surface area contributed by atoms with E-state index < -0.39 is 0 Å². The second kappa shape index (κ2) is 5.05. The third kappa shape index (κ3) is 2.57. The minimum Gasteiger partial charge on any atom is -0.348 e. The predicted octanol–water partition coefficient (Wildman–Crippen LogP) is 4.33. The van der Waals surface area contributed by atoms with Gasteiger partial charge in [0.15, 0.2) is 0 Å². The standard InChI is InChI=1S/C17H24N2S/c1-12(9-13-5-4-8-20-13)19-7-6-14-15(18)10-17(2,3)11-16(14)19/h4-8,12,15H,9-11,18H2,1-3H3. The van der Waals surface area contributed by atoms with Crippen molar-refractivity contribution in [1.29, 1.82) is 0 Å². The van der Waals surface area contributed by atoms with Crippen LogP contribution in [0.2, 0.25) is 0 Å². The van der Waals surface area contributed by atoms with Crippen molar-refractivity contribution in [2.45, 2.75) is 52.1 Å². The van der Waals surface area contributed by atoms with Gasteiger partial charge in [-0.25, -0.2) is 0 Å². The maximum absolute atomic E-state index is 6.36. The van der Waals surface area contributed by atoms with Crippen molar-refractivity contribution < 1.29 is 0 Å². The van der Waals surface area contributed by atoms with Crippen molar-refractivity contribution in [3.8, 4) is 0 Å². The number of rotatable bonds is 3. The van der Waals surface area contributed by atoms with Crippen LogP contribution in [0.3, 0.4) is 0 Å². The summed E-state index contributed by atoms with van der Waals surface area (Å²) in [6.45, 7) is 6.97. The van der Waals surface area contributed by atoms with Gasteiger partial charge >= 0.3 is 0 Å². The fourth-order valence-corrected chi connectivity index (χ4v) is 4.32. The van der Waals surface area contributed by atoms with Gasteiger partial charge in [-0.05, 0) is 48.3 Å². The van der Waals surface area contributed by atoms with Crippen LogP contribution in [-0.2, 0) is 12.8 Å². The van der Waals surface area contributed by atoms with E-state index in [4.69, 9.17) is 5.73 Å². The molecule has 0 aromatic carbocycles. The molecule has 0 saturated carbocycles. The normalized spacial score (nSPS) is 22.5. The van der Waals surface area contributed by atoms with Crippen LogP contribution in [0.1, 0.15) is 55.4 Å². The summed E-state index contributed by atoms with van der Waals surface area (Å²) in [4.78, 5) is 1.46. The monoisotopic (exact) mass is 288 g/mol. The van der Waals surface area contributed by atoms with Crippen molar-refractivity contribution in [3.05, 3.63) is 45.9 Å². The van der Waals surface area contributed by atoms with Crippen molar-refractivity contribution >= 4 is 11.3 Å². The van der Waals surface area contributed by atoms with Crippen LogP contribution in [0.5, 0.6) is 0 Å². The first-order valence-electron chi connectivity index (χ1n) is 7.44. The molecule has 1 aliphatic rings. The van der Waals surface area contributed by atoms with Crippen LogP contribution in [0, 0.1) is 5.41 Å². The summed E-state index contributed by atoms with van der Waals surface area (Å²) in [6.07, 6.45) is 5.57. The van der Waals surface area contributed by atoms with Crippen LogP contribution < -0.4 is 5.73 Å². The lowest BCUT2D eigenvalue weighted by atomic mass is 9.74. The third-order valence-corrected chi connectivity index (χ3v) is 5.33. The zero-order valence-electron chi connectivity index (χ0n) is 12.6. The van der Waals surface area contributed by atoms with Gasteiger partial charge in [0.1, 0.15) is 0 Å². The third-order valence-electron chi connectivity index (χ3n) is 4.43. The van der Waals surface area contributed by atoms with Gasteiger partial charge < -0.3 is 10.3 Å². The first-order chi connectivity index (χ1) is 9.46. The Morgan fingerprint density at radius 2 is 2.25 bits per heavy atom. The number of aromatic nitrogens is 1. The van der Waals surface area contributed by atoms with E-state index in [0.717, 1.165) is 19.3 Å². The van der Waals surface area contributed by atoms with Gasteiger partial charge in [0.05, 0.1) is 0 Å². The molecule has 2 nitrogen and oxygen atoms in total. The summed E-state index contributed by atoms with van der Waals surface area (Å²) in [6, 6.07) is 7.30. The lowest BCUT2D eigenvalue weighted by Gasteiger charge is -2.35. The Balaban J connectivity index is 1.88. The number of fused-ring (bicyclic) bond motifs is 1. The average Bonchev–Trinajstić information content (AvgIpc) is 2.96. The molecule has 0 radical (unpaired) electrons. The summed E-state index contributed by atoms with van der Waals surface area (Å²) in [5.41, 5.74) is 9.49. The van der Waals surface area contributed by atoms with Crippen LogP contribution in [0.25, 0.3) is 0 Å². The second-order valence-corrected chi connectivity index (χ2v) is 7.94. The van der Waals surface area contributed by atoms with Crippen LogP contribution in [-0.4, -0.2) is 4.57 Å². The van der Waals surface area contributed by atoms with Crippen molar-refractivity contribution in [2.75, 3.05) is 0 Å². The number of thiophene rings is 1. The van der Waals surface area contributed by atoms with Gasteiger partial charge in [0.25, 0.3) is 0 Å². The molecule has 0 bridgehead atoms. The van der Waals surface area contributed by atoms with Crippen molar-refractivity contribution in [1.82, 2.24) is 4.57 Å². The SMILES string of the molecule is CC(Cc1cccs1)n1ccc2c1CC(C)(C)CC2N. The molecule has 20 heavy (non-hydrogen) atoms. The van der Waals surface area contributed by atoms with E-state index in [1.807, 2.05) is 11.3 Å². The first-order valence-corrected chi connectivity index (χ1v) is 8.32. The fraction of sp³-hybridized carbons (Fsp3) is 0.529. The molecule has 1 aliphatic carbocycles. The maximum Gasteiger partial charge on any atom is 0.0353 e. The molecule has 2 unspecified atom stereocenters. The van der Waals surface area contributed by atoms with Crippen molar-refractivity contribution in [3.63, 3.8) is 0 Å². The van der Waals surface area contributed by atoms with Crippen molar-refractivity contribution in [2.24, 2.45) is 11.1 Å². The molecule has 2 aromatic rings. The van der Waals surface area contributed by atoms with Gasteiger partial charge in [-0.15, -0.1) is 11.3 Å². The molecule has 2 aromatic heterocycles. The zero-order chi connectivity index (χ0) is 14.3. The molecule has 0 spiro atoms. The molecule has 3 rings (SSSR count). The number of hydrogen-bond donors (Lipinski definition) is 1. The summed E-state index contributed by atoms with van der Waals surface area (Å²) in [7, 11) is 0. The Morgan fingerprint density at radius 1 is 1.45 bits per heavy atom. The van der Waals surface area contributed by atoms with E-state index >= 15 is 0 Å². The second-order valence-electron chi connectivity index (χ2n) is 6.91. The Bertz CT molecular complexity index is 580. The largest absolute Gasteiger partial charge is 0.348 e. The molecular formula is C17H24N2S. The van der Waals surface area contributed by atoms with Crippen LogP contribution >= 0.6 is 11.3 Å².